The Morgan fingerprint density at radius 1 is 1.27 bits per heavy atom. The molecule has 0 heterocycles. The largest absolute Gasteiger partial charge is 0.0991 e. The van der Waals surface area contributed by atoms with Crippen LogP contribution in [-0.4, -0.2) is 0 Å². The fourth-order valence-electron chi connectivity index (χ4n) is 1.70. The van der Waals surface area contributed by atoms with Crippen LogP contribution < -0.4 is 0 Å². The van der Waals surface area contributed by atoms with Gasteiger partial charge in [0.25, 0.3) is 0 Å². The van der Waals surface area contributed by atoms with Gasteiger partial charge in [0.15, 0.2) is 0 Å². The average Bonchev–Trinajstić information content (AvgIpc) is 2.26. The van der Waals surface area contributed by atoms with E-state index in [1.807, 2.05) is 25.1 Å². The van der Waals surface area contributed by atoms with Gasteiger partial charge in [0.2, 0.25) is 0 Å². The minimum Gasteiger partial charge on any atom is -0.0991 e. The summed E-state index contributed by atoms with van der Waals surface area (Å²) in [5.74, 6) is 0.377. The fraction of sp³-hybridized carbons (Fsp3) is 0.200. The molecule has 0 radical (unpaired) electrons. The Labute approximate surface area is 92.6 Å². The summed E-state index contributed by atoms with van der Waals surface area (Å²) in [6.45, 7) is 12.0. The smallest absolute Gasteiger partial charge is 0.00634 e. The zero-order valence-electron chi connectivity index (χ0n) is 9.53. The molecule has 0 spiro atoms. The van der Waals surface area contributed by atoms with Crippen LogP contribution in [0.4, 0.5) is 0 Å². The minimum absolute atomic E-state index is 0.377. The first kappa shape index (κ1) is 11.5. The summed E-state index contributed by atoms with van der Waals surface area (Å²) in [5, 5.41) is 0. The van der Waals surface area contributed by atoms with Gasteiger partial charge in [-0.1, -0.05) is 68.1 Å². The van der Waals surface area contributed by atoms with E-state index in [0.29, 0.717) is 5.92 Å². The Hall–Kier alpha value is -1.56. The van der Waals surface area contributed by atoms with E-state index < -0.39 is 0 Å². The van der Waals surface area contributed by atoms with Crippen LogP contribution in [0.5, 0.6) is 0 Å². The summed E-state index contributed by atoms with van der Waals surface area (Å²) in [6, 6.07) is 10.5. The summed E-state index contributed by atoms with van der Waals surface area (Å²) in [4.78, 5) is 0. The minimum atomic E-state index is 0.377. The third-order valence-corrected chi connectivity index (χ3v) is 2.56. The Kier molecular flexibility index (Phi) is 4.11. The molecule has 0 aliphatic carbocycles. The maximum Gasteiger partial charge on any atom is 0.00634 e. The lowest BCUT2D eigenvalue weighted by Gasteiger charge is -2.16. The Morgan fingerprint density at radius 3 is 2.33 bits per heavy atom. The van der Waals surface area contributed by atoms with E-state index in [0.717, 1.165) is 5.57 Å². The molecule has 15 heavy (non-hydrogen) atoms. The number of hydrogen-bond donors (Lipinski definition) is 0. The molecular formula is C15H18. The molecule has 1 rings (SSSR count). The molecular weight excluding hydrogens is 180 g/mol. The lowest BCUT2D eigenvalue weighted by molar-refractivity contribution is 0.903. The third-order valence-electron chi connectivity index (χ3n) is 2.56. The van der Waals surface area contributed by atoms with Gasteiger partial charge in [-0.2, -0.15) is 0 Å². The highest BCUT2D eigenvalue weighted by Gasteiger charge is 2.10. The Balaban J connectivity index is 3.01. The van der Waals surface area contributed by atoms with Crippen LogP contribution in [0, 0.1) is 0 Å². The van der Waals surface area contributed by atoms with E-state index in [9.17, 15) is 0 Å². The third kappa shape index (κ3) is 2.95. The van der Waals surface area contributed by atoms with Gasteiger partial charge in [0.05, 0.1) is 0 Å². The van der Waals surface area contributed by atoms with Crippen molar-refractivity contribution in [3.63, 3.8) is 0 Å². The highest BCUT2D eigenvalue weighted by Crippen LogP contribution is 2.27. The van der Waals surface area contributed by atoms with Crippen LogP contribution in [0.1, 0.15) is 25.3 Å². The first-order valence-corrected chi connectivity index (χ1v) is 5.20. The average molecular weight is 198 g/mol. The molecule has 0 aliphatic heterocycles. The monoisotopic (exact) mass is 198 g/mol. The lowest BCUT2D eigenvalue weighted by atomic mass is 9.89. The Bertz CT molecular complexity index is 368. The van der Waals surface area contributed by atoms with Gasteiger partial charge >= 0.3 is 0 Å². The molecule has 0 nitrogen and oxygen atoms in total. The second-order valence-electron chi connectivity index (χ2n) is 3.77. The fourth-order valence-corrected chi connectivity index (χ4v) is 1.70. The van der Waals surface area contributed by atoms with Crippen molar-refractivity contribution < 1.29 is 0 Å². The van der Waals surface area contributed by atoms with E-state index in [-0.39, 0.29) is 0 Å². The van der Waals surface area contributed by atoms with Crippen LogP contribution in [0.15, 0.2) is 66.8 Å². The molecule has 1 aromatic rings. The number of hydrogen-bond acceptors (Lipinski definition) is 0. The van der Waals surface area contributed by atoms with Crippen molar-refractivity contribution in [1.82, 2.24) is 0 Å². The van der Waals surface area contributed by atoms with Crippen LogP contribution in [-0.2, 0) is 0 Å². The van der Waals surface area contributed by atoms with E-state index >= 15 is 0 Å². The summed E-state index contributed by atoms with van der Waals surface area (Å²) in [6.07, 6.45) is 3.86. The SMILES string of the molecule is C=C/C=C(\C(=C)C)C(C)c1ccccc1. The number of allylic oxidation sites excluding steroid dienone is 4. The molecule has 1 atom stereocenters. The van der Waals surface area contributed by atoms with E-state index in [4.69, 9.17) is 0 Å². The Morgan fingerprint density at radius 2 is 1.87 bits per heavy atom. The van der Waals surface area contributed by atoms with Crippen molar-refractivity contribution >= 4 is 0 Å². The molecule has 0 aromatic heterocycles. The van der Waals surface area contributed by atoms with E-state index in [1.54, 1.807) is 0 Å². The van der Waals surface area contributed by atoms with Crippen LogP contribution in [0.25, 0.3) is 0 Å². The van der Waals surface area contributed by atoms with Crippen LogP contribution >= 0.6 is 0 Å². The van der Waals surface area contributed by atoms with E-state index in [2.05, 4.69) is 44.3 Å². The molecule has 0 amide bonds. The first-order valence-electron chi connectivity index (χ1n) is 5.20. The summed E-state index contributed by atoms with van der Waals surface area (Å²) in [5.41, 5.74) is 3.66. The van der Waals surface area contributed by atoms with Gasteiger partial charge in [-0.3, -0.25) is 0 Å². The van der Waals surface area contributed by atoms with Crippen molar-refractivity contribution in [1.29, 1.82) is 0 Å². The summed E-state index contributed by atoms with van der Waals surface area (Å²) in [7, 11) is 0. The maximum atomic E-state index is 4.00. The molecule has 0 N–H and O–H groups in total. The van der Waals surface area contributed by atoms with Gasteiger partial charge in [0, 0.05) is 5.92 Å². The molecule has 0 heteroatoms. The quantitative estimate of drug-likeness (QED) is 0.626. The predicted octanol–water partition coefficient (Wildman–Crippen LogP) is 4.48. The summed E-state index contributed by atoms with van der Waals surface area (Å²) < 4.78 is 0. The lowest BCUT2D eigenvalue weighted by Crippen LogP contribution is -1.98. The van der Waals surface area contributed by atoms with Crippen molar-refractivity contribution in [2.24, 2.45) is 0 Å². The molecule has 78 valence electrons. The maximum absolute atomic E-state index is 4.00. The van der Waals surface area contributed by atoms with Crippen LogP contribution in [0.3, 0.4) is 0 Å². The van der Waals surface area contributed by atoms with Gasteiger partial charge in [-0.25, -0.2) is 0 Å². The molecule has 0 fully saturated rings. The molecule has 0 saturated carbocycles. The number of benzene rings is 1. The number of rotatable bonds is 4. The van der Waals surface area contributed by atoms with Crippen molar-refractivity contribution in [3.05, 3.63) is 72.4 Å². The highest BCUT2D eigenvalue weighted by molar-refractivity contribution is 5.39. The van der Waals surface area contributed by atoms with Gasteiger partial charge in [-0.05, 0) is 18.1 Å². The highest BCUT2D eigenvalue weighted by atomic mass is 14.1. The normalized spacial score (nSPS) is 13.3. The topological polar surface area (TPSA) is 0 Å². The van der Waals surface area contributed by atoms with E-state index in [1.165, 1.54) is 11.1 Å². The molecule has 1 aromatic carbocycles. The standard InChI is InChI=1S/C15H18/c1-5-9-15(12(2)3)13(4)14-10-7-6-8-11-14/h5-11,13H,1-2H2,3-4H3/b15-9+. The molecule has 0 saturated heterocycles. The van der Waals surface area contributed by atoms with Crippen LogP contribution in [0.2, 0.25) is 0 Å². The molecule has 0 bridgehead atoms. The second kappa shape index (κ2) is 5.35. The second-order valence-corrected chi connectivity index (χ2v) is 3.77. The van der Waals surface area contributed by atoms with Crippen molar-refractivity contribution in [2.45, 2.75) is 19.8 Å². The van der Waals surface area contributed by atoms with Gasteiger partial charge < -0.3 is 0 Å². The van der Waals surface area contributed by atoms with Gasteiger partial charge in [0.1, 0.15) is 0 Å². The molecule has 0 aliphatic rings. The summed E-state index contributed by atoms with van der Waals surface area (Å²) >= 11 is 0. The zero-order valence-corrected chi connectivity index (χ0v) is 9.53. The van der Waals surface area contributed by atoms with Gasteiger partial charge in [-0.15, -0.1) is 0 Å². The molecule has 1 unspecified atom stereocenters. The predicted molar refractivity (Wildman–Crippen MR) is 68.0 cm³/mol. The van der Waals surface area contributed by atoms with Crippen molar-refractivity contribution in [3.8, 4) is 0 Å². The van der Waals surface area contributed by atoms with Crippen molar-refractivity contribution in [2.75, 3.05) is 0 Å². The first-order chi connectivity index (χ1) is 7.16. The zero-order chi connectivity index (χ0) is 11.3.